The largest absolute Gasteiger partial charge is 0.347 e. The number of anilines is 1. The molecule has 6 heteroatoms. The summed E-state index contributed by atoms with van der Waals surface area (Å²) in [6.07, 6.45) is 3.46. The number of H-pyrrole nitrogens is 1. The van der Waals surface area contributed by atoms with Gasteiger partial charge in [0.25, 0.3) is 5.95 Å². The fraction of sp³-hybridized carbons (Fsp3) is 0.286. The Bertz CT molecular complexity index is 366. The first-order chi connectivity index (χ1) is 6.34. The van der Waals surface area contributed by atoms with Gasteiger partial charge in [-0.1, -0.05) is 0 Å². The molecule has 68 valence electrons. The lowest BCUT2D eigenvalue weighted by Gasteiger charge is -1.95. The van der Waals surface area contributed by atoms with Gasteiger partial charge >= 0.3 is 0 Å². The van der Waals surface area contributed by atoms with E-state index in [1.807, 2.05) is 0 Å². The maximum Gasteiger partial charge on any atom is 0.263 e. The number of nitrogens with one attached hydrogen (secondary N) is 2. The normalized spacial score (nSPS) is 10.2. The summed E-state index contributed by atoms with van der Waals surface area (Å²) in [4.78, 5) is 11.0. The van der Waals surface area contributed by atoms with Crippen LogP contribution in [-0.4, -0.2) is 20.1 Å². The third kappa shape index (κ3) is 1.84. The minimum Gasteiger partial charge on any atom is -0.347 e. The second-order valence-electron chi connectivity index (χ2n) is 2.53. The van der Waals surface area contributed by atoms with Gasteiger partial charge in [0.05, 0.1) is 6.54 Å². The highest BCUT2D eigenvalue weighted by molar-refractivity contribution is 5.21. The van der Waals surface area contributed by atoms with E-state index >= 15 is 0 Å². The molecule has 0 atom stereocenters. The fourth-order valence-corrected chi connectivity index (χ4v) is 0.928. The van der Waals surface area contributed by atoms with Crippen LogP contribution in [0.25, 0.3) is 0 Å². The number of aromatic amines is 1. The fourth-order valence-electron chi connectivity index (χ4n) is 0.928. The molecule has 0 unspecified atom stereocenters. The highest BCUT2D eigenvalue weighted by Gasteiger charge is 2.01. The zero-order valence-corrected chi connectivity index (χ0v) is 7.11. The standard InChI is InChI=1S/C7H9N5O/c1-5-11-7(12-13-5)10-4-6-8-2-3-9-6/h2-3H,4H2,1H3,(H,8,9)(H,10,12). The topological polar surface area (TPSA) is 79.6 Å². The van der Waals surface area contributed by atoms with E-state index < -0.39 is 0 Å². The molecule has 2 rings (SSSR count). The molecular formula is C7H9N5O. The first-order valence-corrected chi connectivity index (χ1v) is 3.87. The van der Waals surface area contributed by atoms with Crippen LogP contribution in [0.3, 0.4) is 0 Å². The van der Waals surface area contributed by atoms with Gasteiger partial charge < -0.3 is 14.8 Å². The van der Waals surface area contributed by atoms with E-state index in [4.69, 9.17) is 4.52 Å². The minimum atomic E-state index is 0.480. The van der Waals surface area contributed by atoms with Crippen molar-refractivity contribution in [3.05, 3.63) is 24.1 Å². The predicted octanol–water partition coefficient (Wildman–Crippen LogP) is 0.713. The van der Waals surface area contributed by atoms with Crippen molar-refractivity contribution < 1.29 is 4.52 Å². The monoisotopic (exact) mass is 179 g/mol. The number of nitrogens with zero attached hydrogens (tertiary/aromatic N) is 3. The van der Waals surface area contributed by atoms with Crippen molar-refractivity contribution in [1.29, 1.82) is 0 Å². The van der Waals surface area contributed by atoms with Crippen LogP contribution in [0, 0.1) is 6.92 Å². The molecule has 2 heterocycles. The molecule has 0 spiro atoms. The average molecular weight is 179 g/mol. The molecule has 13 heavy (non-hydrogen) atoms. The maximum atomic E-state index is 4.78. The number of hydrogen-bond acceptors (Lipinski definition) is 5. The van der Waals surface area contributed by atoms with Gasteiger partial charge in [0.1, 0.15) is 5.82 Å². The summed E-state index contributed by atoms with van der Waals surface area (Å²) in [5.41, 5.74) is 0. The molecule has 0 bridgehead atoms. The summed E-state index contributed by atoms with van der Waals surface area (Å²) in [5, 5.41) is 6.63. The van der Waals surface area contributed by atoms with Gasteiger partial charge in [0, 0.05) is 19.3 Å². The number of hydrogen-bond donors (Lipinski definition) is 2. The van der Waals surface area contributed by atoms with Gasteiger partial charge in [-0.3, -0.25) is 0 Å². The molecule has 6 nitrogen and oxygen atoms in total. The van der Waals surface area contributed by atoms with Crippen molar-refractivity contribution >= 4 is 5.95 Å². The summed E-state index contributed by atoms with van der Waals surface area (Å²) >= 11 is 0. The van der Waals surface area contributed by atoms with Crippen LogP contribution in [0.4, 0.5) is 5.95 Å². The molecule has 0 aliphatic heterocycles. The SMILES string of the molecule is Cc1nc(NCc2ncc[nH]2)no1. The third-order valence-electron chi connectivity index (χ3n) is 1.50. The van der Waals surface area contributed by atoms with Crippen LogP contribution in [-0.2, 0) is 6.54 Å². The number of rotatable bonds is 3. The lowest BCUT2D eigenvalue weighted by molar-refractivity contribution is 0.394. The van der Waals surface area contributed by atoms with Crippen molar-refractivity contribution in [2.75, 3.05) is 5.32 Å². The summed E-state index contributed by atoms with van der Waals surface area (Å²) < 4.78 is 4.78. The minimum absolute atomic E-state index is 0.480. The van der Waals surface area contributed by atoms with E-state index in [1.165, 1.54) is 0 Å². The van der Waals surface area contributed by atoms with Crippen LogP contribution in [0.15, 0.2) is 16.9 Å². The highest BCUT2D eigenvalue weighted by atomic mass is 16.5. The van der Waals surface area contributed by atoms with E-state index in [0.29, 0.717) is 18.4 Å². The van der Waals surface area contributed by atoms with Crippen LogP contribution < -0.4 is 5.32 Å². The van der Waals surface area contributed by atoms with Gasteiger partial charge in [-0.2, -0.15) is 4.98 Å². The van der Waals surface area contributed by atoms with Crippen LogP contribution in [0.1, 0.15) is 11.7 Å². The Kier molecular flexibility index (Phi) is 1.95. The predicted molar refractivity (Wildman–Crippen MR) is 44.9 cm³/mol. The molecule has 2 aromatic heterocycles. The Labute approximate surface area is 74.4 Å². The van der Waals surface area contributed by atoms with Gasteiger partial charge in [-0.15, -0.1) is 0 Å². The van der Waals surface area contributed by atoms with Crippen LogP contribution in [0.5, 0.6) is 0 Å². The van der Waals surface area contributed by atoms with Gasteiger partial charge in [-0.25, -0.2) is 4.98 Å². The number of aromatic nitrogens is 4. The lowest BCUT2D eigenvalue weighted by Crippen LogP contribution is -2.02. The molecule has 2 N–H and O–H groups in total. The lowest BCUT2D eigenvalue weighted by atomic mass is 10.6. The van der Waals surface area contributed by atoms with Crippen LogP contribution in [0.2, 0.25) is 0 Å². The third-order valence-corrected chi connectivity index (χ3v) is 1.50. The molecule has 0 fully saturated rings. The summed E-state index contributed by atoms with van der Waals surface area (Å²) in [6.45, 7) is 2.30. The molecule has 0 saturated heterocycles. The quantitative estimate of drug-likeness (QED) is 0.725. The Morgan fingerprint density at radius 2 is 2.54 bits per heavy atom. The first kappa shape index (κ1) is 7.78. The average Bonchev–Trinajstić information content (AvgIpc) is 2.71. The molecule has 0 amide bonds. The van der Waals surface area contributed by atoms with Crippen molar-refractivity contribution in [1.82, 2.24) is 20.1 Å². The molecule has 2 aromatic rings. The summed E-state index contributed by atoms with van der Waals surface area (Å²) in [5.74, 6) is 1.86. The Morgan fingerprint density at radius 1 is 1.62 bits per heavy atom. The molecule has 0 aliphatic rings. The molecule has 0 radical (unpaired) electrons. The van der Waals surface area contributed by atoms with E-state index in [2.05, 4.69) is 25.4 Å². The van der Waals surface area contributed by atoms with Gasteiger partial charge in [0.2, 0.25) is 5.89 Å². The van der Waals surface area contributed by atoms with Crippen LogP contribution >= 0.6 is 0 Å². The van der Waals surface area contributed by atoms with Crippen molar-refractivity contribution in [2.45, 2.75) is 13.5 Å². The van der Waals surface area contributed by atoms with E-state index in [0.717, 1.165) is 5.82 Å². The smallest absolute Gasteiger partial charge is 0.263 e. The molecule has 0 aromatic carbocycles. The zero-order valence-electron chi connectivity index (χ0n) is 7.11. The molecule has 0 aliphatic carbocycles. The van der Waals surface area contributed by atoms with Crippen molar-refractivity contribution in [3.8, 4) is 0 Å². The van der Waals surface area contributed by atoms with Crippen molar-refractivity contribution in [3.63, 3.8) is 0 Å². The van der Waals surface area contributed by atoms with Gasteiger partial charge in [0.15, 0.2) is 0 Å². The zero-order chi connectivity index (χ0) is 9.10. The summed E-state index contributed by atoms with van der Waals surface area (Å²) in [6, 6.07) is 0. The number of imidazole rings is 1. The molecular weight excluding hydrogens is 170 g/mol. The van der Waals surface area contributed by atoms with E-state index in [1.54, 1.807) is 19.3 Å². The number of aryl methyl sites for hydroxylation is 1. The maximum absolute atomic E-state index is 4.78. The Morgan fingerprint density at radius 3 is 3.15 bits per heavy atom. The second kappa shape index (κ2) is 3.26. The van der Waals surface area contributed by atoms with Crippen molar-refractivity contribution in [2.24, 2.45) is 0 Å². The van der Waals surface area contributed by atoms with E-state index in [-0.39, 0.29) is 0 Å². The molecule has 0 saturated carbocycles. The van der Waals surface area contributed by atoms with E-state index in [9.17, 15) is 0 Å². The summed E-state index contributed by atoms with van der Waals surface area (Å²) in [7, 11) is 0. The second-order valence-corrected chi connectivity index (χ2v) is 2.53. The Hall–Kier alpha value is -1.85. The first-order valence-electron chi connectivity index (χ1n) is 3.87. The highest BCUT2D eigenvalue weighted by Crippen LogP contribution is 2.01. The Balaban J connectivity index is 1.93. The van der Waals surface area contributed by atoms with Gasteiger partial charge in [-0.05, 0) is 5.16 Å².